The van der Waals surface area contributed by atoms with Crippen LogP contribution in [0.15, 0.2) is 24.3 Å². The Morgan fingerprint density at radius 1 is 1.13 bits per heavy atom. The number of rotatable bonds is 4. The zero-order valence-electron chi connectivity index (χ0n) is 13.1. The molecule has 5 heteroatoms. The summed E-state index contributed by atoms with van der Waals surface area (Å²) >= 11 is 0. The van der Waals surface area contributed by atoms with Crippen LogP contribution in [-0.2, 0) is 0 Å². The lowest BCUT2D eigenvalue weighted by Gasteiger charge is -2.36. The van der Waals surface area contributed by atoms with E-state index < -0.39 is 0 Å². The first-order valence-electron chi connectivity index (χ1n) is 8.49. The molecule has 0 spiro atoms. The first-order chi connectivity index (χ1) is 11.1. The van der Waals surface area contributed by atoms with E-state index in [1.165, 1.54) is 4.90 Å². The lowest BCUT2D eigenvalue weighted by atomic mass is 9.89. The van der Waals surface area contributed by atoms with Gasteiger partial charge in [0.2, 0.25) is 0 Å². The highest BCUT2D eigenvalue weighted by Gasteiger charge is 2.46. The van der Waals surface area contributed by atoms with Crippen LogP contribution in [0.1, 0.15) is 59.2 Å². The highest BCUT2D eigenvalue weighted by molar-refractivity contribution is 6.21. The van der Waals surface area contributed by atoms with Crippen LogP contribution in [-0.4, -0.2) is 46.1 Å². The van der Waals surface area contributed by atoms with E-state index in [-0.39, 0.29) is 36.0 Å². The number of nitrogens with zero attached hydrogens (tertiary/aromatic N) is 1. The number of amides is 2. The van der Waals surface area contributed by atoms with E-state index in [0.29, 0.717) is 11.1 Å². The van der Waals surface area contributed by atoms with Gasteiger partial charge in [-0.05, 0) is 50.7 Å². The van der Waals surface area contributed by atoms with Gasteiger partial charge in [0.05, 0.1) is 17.7 Å². The first-order valence-corrected chi connectivity index (χ1v) is 8.49. The van der Waals surface area contributed by atoms with Crippen molar-refractivity contribution in [1.29, 1.82) is 0 Å². The Bertz CT molecular complexity index is 618. The Morgan fingerprint density at radius 2 is 1.78 bits per heavy atom. The number of nitrogens with one attached hydrogen (secondary N) is 1. The van der Waals surface area contributed by atoms with Gasteiger partial charge in [0, 0.05) is 17.6 Å². The van der Waals surface area contributed by atoms with Crippen molar-refractivity contribution in [3.05, 3.63) is 35.4 Å². The number of fused-ring (bicyclic) bond motifs is 1. The molecule has 0 unspecified atom stereocenters. The molecule has 1 heterocycles. The van der Waals surface area contributed by atoms with E-state index in [4.69, 9.17) is 0 Å². The molecule has 0 aromatic heterocycles. The van der Waals surface area contributed by atoms with E-state index in [1.54, 1.807) is 24.3 Å². The average molecular weight is 314 g/mol. The van der Waals surface area contributed by atoms with Crippen LogP contribution in [0.25, 0.3) is 0 Å². The van der Waals surface area contributed by atoms with Crippen molar-refractivity contribution in [3.8, 4) is 0 Å². The van der Waals surface area contributed by atoms with Crippen LogP contribution >= 0.6 is 0 Å². The predicted molar refractivity (Wildman–Crippen MR) is 85.2 cm³/mol. The van der Waals surface area contributed by atoms with Crippen molar-refractivity contribution in [2.75, 3.05) is 6.61 Å². The third kappa shape index (κ3) is 2.48. The maximum absolute atomic E-state index is 12.6. The first kappa shape index (κ1) is 14.8. The number of imide groups is 1. The van der Waals surface area contributed by atoms with Crippen LogP contribution in [0.2, 0.25) is 0 Å². The Kier molecular flexibility index (Phi) is 3.50. The Morgan fingerprint density at radius 3 is 2.35 bits per heavy atom. The average Bonchev–Trinajstić information content (AvgIpc) is 3.30. The molecule has 1 aromatic carbocycles. The summed E-state index contributed by atoms with van der Waals surface area (Å²) in [6, 6.07) is 7.31. The number of aliphatic hydroxyl groups excluding tert-OH is 1. The molecule has 1 aromatic rings. The highest BCUT2D eigenvalue weighted by atomic mass is 16.3. The van der Waals surface area contributed by atoms with Gasteiger partial charge in [-0.3, -0.25) is 14.5 Å². The van der Waals surface area contributed by atoms with Crippen molar-refractivity contribution in [2.24, 2.45) is 0 Å². The van der Waals surface area contributed by atoms with E-state index in [0.717, 1.165) is 38.5 Å². The van der Waals surface area contributed by atoms with Gasteiger partial charge in [0.15, 0.2) is 0 Å². The molecule has 2 fully saturated rings. The predicted octanol–water partition coefficient (Wildman–Crippen LogP) is 1.71. The normalized spacial score (nSPS) is 28.8. The topological polar surface area (TPSA) is 69.6 Å². The maximum atomic E-state index is 12.6. The smallest absolute Gasteiger partial charge is 0.261 e. The maximum Gasteiger partial charge on any atom is 0.261 e. The fourth-order valence-corrected chi connectivity index (χ4v) is 4.00. The molecule has 2 aliphatic carbocycles. The van der Waals surface area contributed by atoms with Crippen molar-refractivity contribution >= 4 is 11.8 Å². The third-order valence-electron chi connectivity index (χ3n) is 5.50. The molecule has 2 amide bonds. The molecule has 2 N–H and O–H groups in total. The summed E-state index contributed by atoms with van der Waals surface area (Å²) in [5.74, 6) is -0.306. The quantitative estimate of drug-likeness (QED) is 0.830. The summed E-state index contributed by atoms with van der Waals surface area (Å²) < 4.78 is 0. The zero-order chi connectivity index (χ0) is 16.0. The molecule has 23 heavy (non-hydrogen) atoms. The summed E-state index contributed by atoms with van der Waals surface area (Å²) in [6.45, 7) is 0.168. The lowest BCUT2D eigenvalue weighted by Crippen LogP contribution is -2.50. The summed E-state index contributed by atoms with van der Waals surface area (Å²) in [5, 5.41) is 13.0. The second-order valence-electron chi connectivity index (χ2n) is 7.13. The second kappa shape index (κ2) is 5.42. The van der Waals surface area contributed by atoms with Gasteiger partial charge in [-0.15, -0.1) is 0 Å². The van der Waals surface area contributed by atoms with Gasteiger partial charge < -0.3 is 10.4 Å². The van der Waals surface area contributed by atoms with Crippen molar-refractivity contribution in [2.45, 2.75) is 56.1 Å². The second-order valence-corrected chi connectivity index (χ2v) is 7.13. The third-order valence-corrected chi connectivity index (χ3v) is 5.50. The number of aliphatic hydroxyl groups is 1. The molecule has 122 valence electrons. The van der Waals surface area contributed by atoms with E-state index in [9.17, 15) is 14.7 Å². The van der Waals surface area contributed by atoms with E-state index in [2.05, 4.69) is 5.32 Å². The fourth-order valence-electron chi connectivity index (χ4n) is 4.00. The largest absolute Gasteiger partial charge is 0.394 e. The zero-order valence-corrected chi connectivity index (χ0v) is 13.1. The van der Waals surface area contributed by atoms with E-state index in [1.807, 2.05) is 0 Å². The van der Waals surface area contributed by atoms with Gasteiger partial charge >= 0.3 is 0 Å². The van der Waals surface area contributed by atoms with Gasteiger partial charge in [-0.25, -0.2) is 0 Å². The highest BCUT2D eigenvalue weighted by Crippen LogP contribution is 2.38. The number of hydrogen-bond acceptors (Lipinski definition) is 4. The summed E-state index contributed by atoms with van der Waals surface area (Å²) in [4.78, 5) is 26.7. The molecule has 4 rings (SSSR count). The van der Waals surface area contributed by atoms with Gasteiger partial charge in [-0.1, -0.05) is 12.1 Å². The van der Waals surface area contributed by atoms with Crippen LogP contribution in [0.3, 0.4) is 0 Å². The van der Waals surface area contributed by atoms with Crippen LogP contribution < -0.4 is 5.32 Å². The molecule has 0 bridgehead atoms. The molecular weight excluding hydrogens is 292 g/mol. The minimum atomic E-state index is -0.153. The van der Waals surface area contributed by atoms with E-state index >= 15 is 0 Å². The summed E-state index contributed by atoms with van der Waals surface area (Å²) in [7, 11) is 0. The number of benzene rings is 1. The molecule has 0 radical (unpaired) electrons. The molecular formula is C18H22N2O3. The fraction of sp³-hybridized carbons (Fsp3) is 0.556. The number of carbonyl (C=O) groups is 2. The number of hydrogen-bond donors (Lipinski definition) is 2. The van der Waals surface area contributed by atoms with Crippen molar-refractivity contribution in [1.82, 2.24) is 10.2 Å². The molecule has 0 saturated heterocycles. The lowest BCUT2D eigenvalue weighted by molar-refractivity contribution is 0.0526. The standard InChI is InChI=1S/C18H22N2O3/c21-11-18(8-9-18)19-12-4-3-5-13(10-12)20-16(22)14-6-1-2-7-15(14)17(20)23/h1-2,6-7,12-13,19,21H,3-5,8-11H2/t12-,13-/m0/s1. The van der Waals surface area contributed by atoms with Crippen molar-refractivity contribution in [3.63, 3.8) is 0 Å². The Hall–Kier alpha value is -1.72. The van der Waals surface area contributed by atoms with Crippen molar-refractivity contribution < 1.29 is 14.7 Å². The summed E-state index contributed by atoms with van der Waals surface area (Å²) in [5.41, 5.74) is 0.956. The molecule has 2 saturated carbocycles. The molecule has 5 nitrogen and oxygen atoms in total. The van der Waals surface area contributed by atoms with Gasteiger partial charge in [0.25, 0.3) is 11.8 Å². The number of carbonyl (C=O) groups excluding carboxylic acids is 2. The van der Waals surface area contributed by atoms with Gasteiger partial charge in [-0.2, -0.15) is 0 Å². The molecule has 2 atom stereocenters. The Labute approximate surface area is 135 Å². The molecule has 1 aliphatic heterocycles. The van der Waals surface area contributed by atoms with Crippen LogP contribution in [0.5, 0.6) is 0 Å². The van der Waals surface area contributed by atoms with Gasteiger partial charge in [0.1, 0.15) is 0 Å². The SMILES string of the molecule is O=C1c2ccccc2C(=O)N1[C@H]1CCC[C@H](NC2(CO)CC2)C1. The molecule has 3 aliphatic rings. The Balaban J connectivity index is 1.50. The summed E-state index contributed by atoms with van der Waals surface area (Å²) in [6.07, 6.45) is 5.72. The monoisotopic (exact) mass is 314 g/mol. The van der Waals surface area contributed by atoms with Crippen LogP contribution in [0, 0.1) is 0 Å². The minimum absolute atomic E-state index is 0.0388. The minimum Gasteiger partial charge on any atom is -0.394 e. The van der Waals surface area contributed by atoms with Crippen LogP contribution in [0.4, 0.5) is 0 Å².